The van der Waals surface area contributed by atoms with Crippen molar-refractivity contribution in [3.63, 3.8) is 0 Å². The Labute approximate surface area is 279 Å². The lowest BCUT2D eigenvalue weighted by atomic mass is 9.97. The van der Waals surface area contributed by atoms with Gasteiger partial charge in [-0.05, 0) is 64.4 Å². The van der Waals surface area contributed by atoms with Crippen LogP contribution in [-0.2, 0) is 4.57 Å². The summed E-state index contributed by atoms with van der Waals surface area (Å²) in [5.41, 5.74) is 10.00. The van der Waals surface area contributed by atoms with Crippen LogP contribution in [0.5, 0.6) is 0 Å². The van der Waals surface area contributed by atoms with Crippen LogP contribution in [0.15, 0.2) is 170 Å². The van der Waals surface area contributed by atoms with Gasteiger partial charge in [0.15, 0.2) is 7.14 Å². The third-order valence-electron chi connectivity index (χ3n) is 9.53. The Morgan fingerprint density at radius 2 is 1.00 bits per heavy atom. The van der Waals surface area contributed by atoms with Gasteiger partial charge in [0.1, 0.15) is 5.65 Å². The summed E-state index contributed by atoms with van der Waals surface area (Å²) in [5.74, 6) is 0. The van der Waals surface area contributed by atoms with E-state index < -0.39 is 7.14 Å². The van der Waals surface area contributed by atoms with Crippen molar-refractivity contribution < 1.29 is 4.57 Å². The number of rotatable bonds is 5. The fourth-order valence-corrected chi connectivity index (χ4v) is 9.74. The number of aromatic nitrogens is 2. The molecule has 0 atom stereocenters. The van der Waals surface area contributed by atoms with Crippen LogP contribution in [0, 0.1) is 6.92 Å². The van der Waals surface area contributed by atoms with Gasteiger partial charge >= 0.3 is 0 Å². The summed E-state index contributed by atoms with van der Waals surface area (Å²) in [4.78, 5) is 5.13. The second-order valence-corrected chi connectivity index (χ2v) is 15.2. The van der Waals surface area contributed by atoms with Crippen molar-refractivity contribution in [1.82, 2.24) is 9.38 Å². The van der Waals surface area contributed by atoms with Crippen LogP contribution in [0.25, 0.3) is 60.6 Å². The van der Waals surface area contributed by atoms with Crippen LogP contribution in [-0.4, -0.2) is 9.38 Å². The molecule has 4 heteroatoms. The standard InChI is InChI=1S/C44H31N2OP/c1-30-16-27-41-43(28-30)46-42-15-9-8-14-39(42)38-26-23-34(29-40(38)44(46)45-41)33-19-17-31(18-20-33)32-21-24-37(25-22-32)48(47,35-10-4-2-5-11-35)36-12-6-3-7-13-36/h2-29H,1H3. The molecule has 0 saturated heterocycles. The number of imidazole rings is 1. The average Bonchev–Trinajstić information content (AvgIpc) is 3.54. The number of hydrogen-bond acceptors (Lipinski definition) is 2. The van der Waals surface area contributed by atoms with Crippen LogP contribution in [0.1, 0.15) is 5.56 Å². The van der Waals surface area contributed by atoms with Gasteiger partial charge < -0.3 is 4.57 Å². The highest BCUT2D eigenvalue weighted by Gasteiger charge is 2.29. The molecule has 0 amide bonds. The summed E-state index contributed by atoms with van der Waals surface area (Å²) < 4.78 is 17.1. The molecule has 0 saturated carbocycles. The van der Waals surface area contributed by atoms with Crippen molar-refractivity contribution in [3.05, 3.63) is 175 Å². The number of aryl methyl sites for hydroxylation is 1. The number of hydrogen-bond donors (Lipinski definition) is 0. The first-order chi connectivity index (χ1) is 23.6. The van der Waals surface area contributed by atoms with Crippen molar-refractivity contribution in [2.24, 2.45) is 0 Å². The lowest BCUT2D eigenvalue weighted by Gasteiger charge is -2.20. The van der Waals surface area contributed by atoms with E-state index in [1.807, 2.05) is 72.8 Å². The first-order valence-electron chi connectivity index (χ1n) is 16.2. The fourth-order valence-electron chi connectivity index (χ4n) is 7.09. The Hall–Kier alpha value is -5.76. The van der Waals surface area contributed by atoms with Crippen LogP contribution in [0.4, 0.5) is 0 Å². The maximum absolute atomic E-state index is 14.8. The highest BCUT2D eigenvalue weighted by Crippen LogP contribution is 2.43. The van der Waals surface area contributed by atoms with Crippen LogP contribution in [0.3, 0.4) is 0 Å². The van der Waals surface area contributed by atoms with Crippen LogP contribution in [0.2, 0.25) is 0 Å². The fraction of sp³-hybridized carbons (Fsp3) is 0.0227. The average molecular weight is 635 g/mol. The topological polar surface area (TPSA) is 34.4 Å². The van der Waals surface area contributed by atoms with Gasteiger partial charge in [-0.2, -0.15) is 0 Å². The second-order valence-electron chi connectivity index (χ2n) is 12.4. The molecule has 0 aliphatic heterocycles. The predicted octanol–water partition coefficient (Wildman–Crippen LogP) is 10.1. The Bertz CT molecular complexity index is 2630. The van der Waals surface area contributed by atoms with Crippen LogP contribution >= 0.6 is 7.14 Å². The van der Waals surface area contributed by atoms with E-state index in [9.17, 15) is 4.57 Å². The van der Waals surface area contributed by atoms with Gasteiger partial charge in [0.25, 0.3) is 0 Å². The van der Waals surface area contributed by atoms with Crippen molar-refractivity contribution in [1.29, 1.82) is 0 Å². The highest BCUT2D eigenvalue weighted by molar-refractivity contribution is 7.85. The minimum absolute atomic E-state index is 0.831. The molecule has 0 spiro atoms. The van der Waals surface area contributed by atoms with E-state index in [4.69, 9.17) is 4.98 Å². The smallest absolute Gasteiger partial charge is 0.171 e. The van der Waals surface area contributed by atoms with Gasteiger partial charge in [0.05, 0.1) is 16.6 Å². The second kappa shape index (κ2) is 11.2. The molecule has 9 aromatic rings. The maximum atomic E-state index is 14.8. The molecule has 3 nitrogen and oxygen atoms in total. The Morgan fingerprint density at radius 3 is 1.67 bits per heavy atom. The summed E-state index contributed by atoms with van der Waals surface area (Å²) in [7, 11) is -3.01. The van der Waals surface area contributed by atoms with Crippen molar-refractivity contribution in [2.45, 2.75) is 6.92 Å². The van der Waals surface area contributed by atoms with E-state index in [1.165, 1.54) is 21.9 Å². The van der Waals surface area contributed by atoms with Gasteiger partial charge in [-0.15, -0.1) is 0 Å². The Balaban J connectivity index is 1.10. The van der Waals surface area contributed by atoms with Crippen molar-refractivity contribution in [2.75, 3.05) is 0 Å². The molecular weight excluding hydrogens is 603 g/mol. The summed E-state index contributed by atoms with van der Waals surface area (Å²) in [6, 6.07) is 58.4. The molecule has 7 aromatic carbocycles. The zero-order chi connectivity index (χ0) is 32.2. The number of benzene rings is 7. The maximum Gasteiger partial charge on any atom is 0.171 e. The number of fused-ring (bicyclic) bond motifs is 8. The monoisotopic (exact) mass is 634 g/mol. The van der Waals surface area contributed by atoms with Crippen LogP contribution < -0.4 is 15.9 Å². The molecule has 48 heavy (non-hydrogen) atoms. The van der Waals surface area contributed by atoms with Crippen molar-refractivity contribution >= 4 is 61.4 Å². The van der Waals surface area contributed by atoms with Gasteiger partial charge in [0, 0.05) is 26.7 Å². The quantitative estimate of drug-likeness (QED) is 0.140. The van der Waals surface area contributed by atoms with E-state index in [0.717, 1.165) is 60.2 Å². The summed E-state index contributed by atoms with van der Waals surface area (Å²) in [5, 5.41) is 6.07. The number of pyridine rings is 1. The van der Waals surface area contributed by atoms with E-state index >= 15 is 0 Å². The molecule has 2 heterocycles. The lowest BCUT2D eigenvalue weighted by Crippen LogP contribution is -2.24. The molecule has 0 unspecified atom stereocenters. The summed E-state index contributed by atoms with van der Waals surface area (Å²) in [6.45, 7) is 2.13. The zero-order valence-corrected chi connectivity index (χ0v) is 27.3. The minimum atomic E-state index is -3.01. The van der Waals surface area contributed by atoms with E-state index in [0.29, 0.717) is 0 Å². The number of para-hydroxylation sites is 1. The zero-order valence-electron chi connectivity index (χ0n) is 26.4. The lowest BCUT2D eigenvalue weighted by molar-refractivity contribution is 0.592. The molecule has 9 rings (SSSR count). The van der Waals surface area contributed by atoms with E-state index in [1.54, 1.807) is 0 Å². The Kier molecular flexibility index (Phi) is 6.64. The van der Waals surface area contributed by atoms with E-state index in [-0.39, 0.29) is 0 Å². The minimum Gasteiger partial charge on any atom is -0.309 e. The third kappa shape index (κ3) is 4.51. The molecule has 0 aliphatic rings. The normalized spacial score (nSPS) is 11.9. The van der Waals surface area contributed by atoms with Gasteiger partial charge in [-0.3, -0.25) is 4.40 Å². The SMILES string of the molecule is Cc1ccc2nc3c4cc(-c5ccc(-c6ccc(P(=O)(c7ccccc7)c7ccccc7)cc6)cc5)ccc4c4ccccc4n3c2c1. The Morgan fingerprint density at radius 1 is 0.458 bits per heavy atom. The molecule has 0 fully saturated rings. The third-order valence-corrected chi connectivity index (χ3v) is 12.6. The molecule has 0 aliphatic carbocycles. The van der Waals surface area contributed by atoms with Gasteiger partial charge in [-0.1, -0.05) is 146 Å². The largest absolute Gasteiger partial charge is 0.309 e. The molecule has 0 radical (unpaired) electrons. The molecule has 228 valence electrons. The first kappa shape index (κ1) is 28.5. The van der Waals surface area contributed by atoms with Gasteiger partial charge in [-0.25, -0.2) is 4.98 Å². The van der Waals surface area contributed by atoms with Crippen molar-refractivity contribution in [3.8, 4) is 22.3 Å². The first-order valence-corrected chi connectivity index (χ1v) is 17.9. The summed E-state index contributed by atoms with van der Waals surface area (Å²) >= 11 is 0. The molecule has 0 N–H and O–H groups in total. The van der Waals surface area contributed by atoms with Gasteiger partial charge in [0.2, 0.25) is 0 Å². The number of nitrogens with zero attached hydrogens (tertiary/aromatic N) is 2. The summed E-state index contributed by atoms with van der Waals surface area (Å²) in [6.07, 6.45) is 0. The molecule has 2 aromatic heterocycles. The molecule has 0 bridgehead atoms. The predicted molar refractivity (Wildman–Crippen MR) is 203 cm³/mol. The van der Waals surface area contributed by atoms with E-state index in [2.05, 4.69) is 108 Å². The molecular formula is C44H31N2OP. The highest BCUT2D eigenvalue weighted by atomic mass is 31.2.